The van der Waals surface area contributed by atoms with Crippen molar-refractivity contribution in [3.8, 4) is 0 Å². The molecule has 12 atom stereocenters. The van der Waals surface area contributed by atoms with E-state index < -0.39 is 60.6 Å². The minimum Gasteiger partial charge on any atom is -0.388 e. The van der Waals surface area contributed by atoms with Gasteiger partial charge in [0.2, 0.25) is 0 Å². The van der Waals surface area contributed by atoms with Crippen molar-refractivity contribution in [3.63, 3.8) is 0 Å². The zero-order valence-corrected chi connectivity index (χ0v) is 18.0. The third kappa shape index (κ3) is 5.37. The first-order valence-corrected chi connectivity index (χ1v) is 10.9. The van der Waals surface area contributed by atoms with Crippen LogP contribution >= 0.6 is 0 Å². The van der Waals surface area contributed by atoms with E-state index in [1.165, 1.54) is 6.92 Å². The van der Waals surface area contributed by atoms with Gasteiger partial charge < -0.3 is 62.9 Å². The molecule has 0 aromatic carbocycles. The zero-order chi connectivity index (χ0) is 22.9. The van der Waals surface area contributed by atoms with Gasteiger partial charge in [-0.25, -0.2) is 0 Å². The molecular formula is C19H39N5O7. The Morgan fingerprint density at radius 3 is 2.10 bits per heavy atom. The molecule has 0 spiro atoms. The monoisotopic (exact) mass is 449 g/mol. The number of hydrogen-bond donors (Lipinski definition) is 8. The maximum atomic E-state index is 11.0. The summed E-state index contributed by atoms with van der Waals surface area (Å²) in [5, 5.41) is 32.0. The van der Waals surface area contributed by atoms with E-state index in [4.69, 9.17) is 47.6 Å². The summed E-state index contributed by atoms with van der Waals surface area (Å²) in [4.78, 5) is 0. The lowest BCUT2D eigenvalue weighted by molar-refractivity contribution is -0.313. The molecule has 6 unspecified atom stereocenters. The van der Waals surface area contributed by atoms with Gasteiger partial charge in [-0.2, -0.15) is 0 Å². The maximum Gasteiger partial charge on any atom is 0.184 e. The highest BCUT2D eigenvalue weighted by atomic mass is 16.7. The fourth-order valence-corrected chi connectivity index (χ4v) is 4.66. The second-order valence-corrected chi connectivity index (χ2v) is 9.23. The van der Waals surface area contributed by atoms with Gasteiger partial charge in [0.15, 0.2) is 12.6 Å². The molecule has 2 aliphatic heterocycles. The average molecular weight is 450 g/mol. The van der Waals surface area contributed by atoms with Gasteiger partial charge >= 0.3 is 0 Å². The predicted molar refractivity (Wildman–Crippen MR) is 110 cm³/mol. The van der Waals surface area contributed by atoms with E-state index in [0.717, 1.165) is 6.42 Å². The predicted octanol–water partition coefficient (Wildman–Crippen LogP) is -3.99. The molecule has 0 radical (unpaired) electrons. The van der Waals surface area contributed by atoms with Crippen molar-refractivity contribution in [2.45, 2.75) is 93.0 Å². The molecule has 3 aliphatic rings. The average Bonchev–Trinajstić information content (AvgIpc) is 2.71. The first-order valence-electron chi connectivity index (χ1n) is 10.9. The van der Waals surface area contributed by atoms with E-state index in [9.17, 15) is 15.3 Å². The van der Waals surface area contributed by atoms with Crippen LogP contribution in [0, 0.1) is 5.92 Å². The van der Waals surface area contributed by atoms with Gasteiger partial charge in [-0.15, -0.1) is 0 Å². The van der Waals surface area contributed by atoms with E-state index >= 15 is 0 Å². The standard InChI is InChI=1S/C19H39N5O7/c1-19(27)7-28-18(13(25)9(19)6-21)31-16-12(24)4-11(23)15(14(16)26)30-17-10(22)3-2-8(5-20)29-17/h8-18,25-27H,2-7,20-24H2,1H3/t8-,9+,10?,11-,12+,13?,14?,15?,16?,17+,18+,19?/m0/s1. The summed E-state index contributed by atoms with van der Waals surface area (Å²) in [7, 11) is 0. The Kier molecular flexibility index (Phi) is 8.27. The van der Waals surface area contributed by atoms with Gasteiger partial charge in [0.05, 0.1) is 24.4 Å². The van der Waals surface area contributed by atoms with E-state index in [2.05, 4.69) is 0 Å². The molecule has 0 bridgehead atoms. The number of ether oxygens (including phenoxy) is 4. The normalized spacial score (nSPS) is 51.6. The molecule has 0 aromatic heterocycles. The van der Waals surface area contributed by atoms with Crippen LogP contribution in [0.1, 0.15) is 26.2 Å². The van der Waals surface area contributed by atoms with E-state index in [1.807, 2.05) is 0 Å². The molecule has 31 heavy (non-hydrogen) atoms. The summed E-state index contributed by atoms with van der Waals surface area (Å²) in [5.74, 6) is -0.667. The zero-order valence-electron chi connectivity index (χ0n) is 18.0. The summed E-state index contributed by atoms with van der Waals surface area (Å²) >= 11 is 0. The Morgan fingerprint density at radius 1 is 0.903 bits per heavy atom. The van der Waals surface area contributed by atoms with Crippen LogP contribution in [0.15, 0.2) is 0 Å². The number of aliphatic hydroxyl groups excluding tert-OH is 2. The fraction of sp³-hybridized carbons (Fsp3) is 1.00. The second kappa shape index (κ2) is 10.2. The molecule has 1 aliphatic carbocycles. The first-order chi connectivity index (χ1) is 14.6. The van der Waals surface area contributed by atoms with Crippen molar-refractivity contribution < 1.29 is 34.3 Å². The van der Waals surface area contributed by atoms with Gasteiger partial charge in [-0.1, -0.05) is 0 Å². The molecule has 2 saturated heterocycles. The van der Waals surface area contributed by atoms with Crippen molar-refractivity contribution in [1.82, 2.24) is 0 Å². The summed E-state index contributed by atoms with van der Waals surface area (Å²) < 4.78 is 23.2. The lowest BCUT2D eigenvalue weighted by atomic mass is 9.82. The van der Waals surface area contributed by atoms with Crippen molar-refractivity contribution in [3.05, 3.63) is 0 Å². The maximum absolute atomic E-state index is 11.0. The highest BCUT2D eigenvalue weighted by Gasteiger charge is 2.50. The summed E-state index contributed by atoms with van der Waals surface area (Å²) in [6.45, 7) is 1.83. The van der Waals surface area contributed by atoms with Crippen LogP contribution in [0.4, 0.5) is 0 Å². The molecular weight excluding hydrogens is 410 g/mol. The van der Waals surface area contributed by atoms with E-state index in [1.54, 1.807) is 0 Å². The smallest absolute Gasteiger partial charge is 0.184 e. The SMILES string of the molecule is CC1(O)CO[C@H](OC2C(O)C(O[C@H]3O[C@H](CN)CCC3N)[C@@H](N)C[C@H]2N)C(O)[C@H]1CN. The van der Waals surface area contributed by atoms with Gasteiger partial charge in [-0.05, 0) is 26.2 Å². The van der Waals surface area contributed by atoms with Crippen molar-refractivity contribution in [2.24, 2.45) is 34.6 Å². The molecule has 0 aromatic rings. The Bertz CT molecular complexity index is 588. The Morgan fingerprint density at radius 2 is 1.52 bits per heavy atom. The van der Waals surface area contributed by atoms with Gasteiger partial charge in [0.25, 0.3) is 0 Å². The number of hydrogen-bond acceptors (Lipinski definition) is 12. The summed E-state index contributed by atoms with van der Waals surface area (Å²) in [6, 6.07) is -1.58. The minimum atomic E-state index is -1.30. The number of rotatable bonds is 6. The third-order valence-corrected chi connectivity index (χ3v) is 6.69. The molecule has 12 heteroatoms. The molecule has 1 saturated carbocycles. The summed E-state index contributed by atoms with van der Waals surface area (Å²) in [6.07, 6.45) is -4.57. The molecule has 0 amide bonds. The highest BCUT2D eigenvalue weighted by molar-refractivity contribution is 5.00. The number of nitrogens with two attached hydrogens (primary N) is 5. The Hall–Kier alpha value is -0.480. The van der Waals surface area contributed by atoms with Crippen LogP contribution in [0.3, 0.4) is 0 Å². The molecule has 2 heterocycles. The lowest BCUT2D eigenvalue weighted by Crippen LogP contribution is -2.66. The molecule has 3 rings (SSSR count). The number of aliphatic hydroxyl groups is 3. The minimum absolute atomic E-state index is 0.0342. The van der Waals surface area contributed by atoms with Crippen molar-refractivity contribution in [1.29, 1.82) is 0 Å². The van der Waals surface area contributed by atoms with E-state index in [-0.39, 0.29) is 25.3 Å². The second-order valence-electron chi connectivity index (χ2n) is 9.23. The van der Waals surface area contributed by atoms with E-state index in [0.29, 0.717) is 19.4 Å². The summed E-state index contributed by atoms with van der Waals surface area (Å²) in [5.41, 5.74) is 28.7. The molecule has 12 nitrogen and oxygen atoms in total. The van der Waals surface area contributed by atoms with Crippen LogP contribution in [-0.4, -0.2) is 102 Å². The van der Waals surface area contributed by atoms with Gasteiger partial charge in [0.1, 0.15) is 24.4 Å². The fourth-order valence-electron chi connectivity index (χ4n) is 4.66. The molecule has 13 N–H and O–H groups in total. The van der Waals surface area contributed by atoms with Crippen molar-refractivity contribution in [2.75, 3.05) is 19.7 Å². The van der Waals surface area contributed by atoms with Crippen LogP contribution in [0.25, 0.3) is 0 Å². The Labute approximate surface area is 182 Å². The largest absolute Gasteiger partial charge is 0.388 e. The Balaban J connectivity index is 1.68. The van der Waals surface area contributed by atoms with Crippen LogP contribution < -0.4 is 28.7 Å². The quantitative estimate of drug-likeness (QED) is 0.194. The van der Waals surface area contributed by atoms with Gasteiger partial charge in [0, 0.05) is 31.1 Å². The van der Waals surface area contributed by atoms with Crippen LogP contribution in [-0.2, 0) is 18.9 Å². The van der Waals surface area contributed by atoms with Crippen LogP contribution in [0.5, 0.6) is 0 Å². The van der Waals surface area contributed by atoms with Gasteiger partial charge in [-0.3, -0.25) is 0 Å². The van der Waals surface area contributed by atoms with Crippen molar-refractivity contribution >= 4 is 0 Å². The first kappa shape index (κ1) is 25.1. The molecule has 3 fully saturated rings. The molecule has 182 valence electrons. The van der Waals surface area contributed by atoms with Crippen LogP contribution in [0.2, 0.25) is 0 Å². The lowest BCUT2D eigenvalue weighted by Gasteiger charge is -2.48. The highest BCUT2D eigenvalue weighted by Crippen LogP contribution is 2.33. The third-order valence-electron chi connectivity index (χ3n) is 6.69. The topological polar surface area (TPSA) is 228 Å².